The van der Waals surface area contributed by atoms with Gasteiger partial charge >= 0.3 is 0 Å². The number of nitrogens with zero attached hydrogens (tertiary/aromatic N) is 2. The van der Waals surface area contributed by atoms with E-state index in [1.165, 1.54) is 5.56 Å². The Balaban J connectivity index is 1.47. The van der Waals surface area contributed by atoms with Crippen LogP contribution in [0.15, 0.2) is 54.6 Å². The first-order chi connectivity index (χ1) is 14.1. The van der Waals surface area contributed by atoms with Crippen molar-refractivity contribution in [1.82, 2.24) is 15.1 Å². The van der Waals surface area contributed by atoms with E-state index >= 15 is 0 Å². The molecule has 154 valence electrons. The molecule has 0 radical (unpaired) electrons. The zero-order valence-electron chi connectivity index (χ0n) is 17.4. The Morgan fingerprint density at radius 2 is 1.66 bits per heavy atom. The maximum Gasteiger partial charge on any atom is 0.225 e. The van der Waals surface area contributed by atoms with Gasteiger partial charge in [-0.05, 0) is 29.8 Å². The second kappa shape index (κ2) is 10.2. The third kappa shape index (κ3) is 5.91. The largest absolute Gasteiger partial charge is 0.352 e. The van der Waals surface area contributed by atoms with Crippen molar-refractivity contribution in [1.29, 1.82) is 0 Å². The molecule has 2 aromatic rings. The number of carbonyl (C=O) groups is 2. The van der Waals surface area contributed by atoms with E-state index in [4.69, 9.17) is 0 Å². The van der Waals surface area contributed by atoms with Gasteiger partial charge in [0, 0.05) is 32.6 Å². The molecule has 1 fully saturated rings. The van der Waals surface area contributed by atoms with Crippen LogP contribution in [0, 0.1) is 5.92 Å². The second-order valence-corrected chi connectivity index (χ2v) is 7.66. The molecule has 1 saturated heterocycles. The van der Waals surface area contributed by atoms with Crippen molar-refractivity contribution in [3.8, 4) is 0 Å². The van der Waals surface area contributed by atoms with Gasteiger partial charge in [0.05, 0.1) is 5.92 Å². The molecule has 1 aliphatic heterocycles. The van der Waals surface area contributed by atoms with E-state index in [2.05, 4.69) is 48.3 Å². The summed E-state index contributed by atoms with van der Waals surface area (Å²) in [4.78, 5) is 29.0. The van der Waals surface area contributed by atoms with E-state index in [-0.39, 0.29) is 17.7 Å². The summed E-state index contributed by atoms with van der Waals surface area (Å²) >= 11 is 0. The molecule has 0 aromatic heterocycles. The molecule has 1 unspecified atom stereocenters. The van der Waals surface area contributed by atoms with Gasteiger partial charge in [0.25, 0.3) is 0 Å². The average Bonchev–Trinajstić information content (AvgIpc) is 3.12. The van der Waals surface area contributed by atoms with Crippen LogP contribution in [0.1, 0.15) is 37.0 Å². The van der Waals surface area contributed by atoms with Crippen LogP contribution in [-0.2, 0) is 29.2 Å². The fraction of sp³-hybridized carbons (Fsp3) is 0.417. The molecule has 1 N–H and O–H groups in total. The molecule has 2 aromatic carbocycles. The second-order valence-electron chi connectivity index (χ2n) is 7.66. The van der Waals surface area contributed by atoms with Gasteiger partial charge in [-0.25, -0.2) is 0 Å². The first-order valence-corrected chi connectivity index (χ1v) is 10.5. The zero-order valence-corrected chi connectivity index (χ0v) is 17.4. The average molecular weight is 394 g/mol. The molecule has 1 atom stereocenters. The van der Waals surface area contributed by atoms with Crippen molar-refractivity contribution in [3.05, 3.63) is 71.3 Å². The van der Waals surface area contributed by atoms with Crippen LogP contribution in [0.25, 0.3) is 0 Å². The van der Waals surface area contributed by atoms with Gasteiger partial charge in [0.1, 0.15) is 0 Å². The summed E-state index contributed by atoms with van der Waals surface area (Å²) in [6.07, 6.45) is 0.293. The number of carbonyl (C=O) groups excluding carboxylic acids is 2. The number of rotatable bonds is 9. The molecule has 0 saturated carbocycles. The Morgan fingerprint density at radius 1 is 1.00 bits per heavy atom. The lowest BCUT2D eigenvalue weighted by Crippen LogP contribution is -2.32. The Hall–Kier alpha value is -2.66. The maximum atomic E-state index is 12.6. The van der Waals surface area contributed by atoms with Gasteiger partial charge in [0.15, 0.2) is 0 Å². The number of likely N-dealkylation sites (tertiary alicyclic amines) is 1. The summed E-state index contributed by atoms with van der Waals surface area (Å²) in [6.45, 7) is 8.91. The van der Waals surface area contributed by atoms with E-state index in [0.29, 0.717) is 26.1 Å². The fourth-order valence-electron chi connectivity index (χ4n) is 3.71. The van der Waals surface area contributed by atoms with E-state index in [1.807, 2.05) is 30.3 Å². The van der Waals surface area contributed by atoms with Crippen LogP contribution >= 0.6 is 0 Å². The fourth-order valence-corrected chi connectivity index (χ4v) is 3.71. The molecule has 29 heavy (non-hydrogen) atoms. The predicted molar refractivity (Wildman–Crippen MR) is 115 cm³/mol. The van der Waals surface area contributed by atoms with Crippen molar-refractivity contribution >= 4 is 11.8 Å². The van der Waals surface area contributed by atoms with Crippen LogP contribution in [0.4, 0.5) is 0 Å². The monoisotopic (exact) mass is 393 g/mol. The van der Waals surface area contributed by atoms with Crippen molar-refractivity contribution in [3.63, 3.8) is 0 Å². The highest BCUT2D eigenvalue weighted by Gasteiger charge is 2.34. The van der Waals surface area contributed by atoms with Crippen molar-refractivity contribution in [2.75, 3.05) is 19.6 Å². The van der Waals surface area contributed by atoms with Crippen LogP contribution in [-0.4, -0.2) is 41.2 Å². The van der Waals surface area contributed by atoms with Gasteiger partial charge in [-0.2, -0.15) is 0 Å². The number of hydrogen-bond donors (Lipinski definition) is 1. The number of benzene rings is 2. The molecule has 0 spiro atoms. The van der Waals surface area contributed by atoms with Crippen molar-refractivity contribution in [2.24, 2.45) is 5.92 Å². The topological polar surface area (TPSA) is 52.7 Å². The van der Waals surface area contributed by atoms with E-state index in [1.54, 1.807) is 4.90 Å². The molecule has 1 aliphatic rings. The van der Waals surface area contributed by atoms with Crippen LogP contribution in [0.5, 0.6) is 0 Å². The van der Waals surface area contributed by atoms with E-state index in [0.717, 1.165) is 30.8 Å². The highest BCUT2D eigenvalue weighted by Crippen LogP contribution is 2.20. The van der Waals surface area contributed by atoms with Gasteiger partial charge in [-0.15, -0.1) is 0 Å². The highest BCUT2D eigenvalue weighted by molar-refractivity contribution is 5.89. The normalized spacial score (nSPS) is 16.4. The zero-order chi connectivity index (χ0) is 20.6. The van der Waals surface area contributed by atoms with E-state index in [9.17, 15) is 9.59 Å². The molecule has 5 heteroatoms. The minimum atomic E-state index is -0.270. The molecule has 2 amide bonds. The van der Waals surface area contributed by atoms with Crippen LogP contribution in [0.2, 0.25) is 0 Å². The van der Waals surface area contributed by atoms with Gasteiger partial charge in [-0.3, -0.25) is 14.5 Å². The quantitative estimate of drug-likeness (QED) is 0.712. The van der Waals surface area contributed by atoms with Crippen LogP contribution in [0.3, 0.4) is 0 Å². The molecule has 5 nitrogen and oxygen atoms in total. The molecule has 0 bridgehead atoms. The summed E-state index contributed by atoms with van der Waals surface area (Å²) in [5, 5.41) is 3.00. The first kappa shape index (κ1) is 21.1. The maximum absolute atomic E-state index is 12.6. The highest BCUT2D eigenvalue weighted by atomic mass is 16.2. The summed E-state index contributed by atoms with van der Waals surface area (Å²) in [7, 11) is 0. The molecule has 0 aliphatic carbocycles. The minimum Gasteiger partial charge on any atom is -0.352 e. The number of nitrogens with one attached hydrogen (secondary N) is 1. The smallest absolute Gasteiger partial charge is 0.225 e. The number of amides is 2. The SMILES string of the molecule is CCN(CC)Cc1ccc(CNC(=O)C2CC(=O)N(Cc3ccccc3)C2)cc1. The molecule has 1 heterocycles. The Bertz CT molecular complexity index is 801. The Kier molecular flexibility index (Phi) is 7.42. The molecular formula is C24H31N3O2. The third-order valence-electron chi connectivity index (χ3n) is 5.59. The Morgan fingerprint density at radius 3 is 2.31 bits per heavy atom. The van der Waals surface area contributed by atoms with Gasteiger partial charge in [0.2, 0.25) is 11.8 Å². The van der Waals surface area contributed by atoms with E-state index < -0.39 is 0 Å². The summed E-state index contributed by atoms with van der Waals surface area (Å²) in [6, 6.07) is 18.3. The van der Waals surface area contributed by atoms with Crippen molar-refractivity contribution < 1.29 is 9.59 Å². The third-order valence-corrected chi connectivity index (χ3v) is 5.59. The minimum absolute atomic E-state index is 0.0406. The number of hydrogen-bond acceptors (Lipinski definition) is 3. The lowest BCUT2D eigenvalue weighted by Gasteiger charge is -2.18. The standard InChI is InChI=1S/C24H31N3O2/c1-3-26(4-2)16-21-12-10-19(11-13-21)15-25-24(29)22-14-23(28)27(18-22)17-20-8-6-5-7-9-20/h5-13,22H,3-4,14-18H2,1-2H3,(H,25,29). The first-order valence-electron chi connectivity index (χ1n) is 10.5. The van der Waals surface area contributed by atoms with Crippen molar-refractivity contribution in [2.45, 2.75) is 39.9 Å². The van der Waals surface area contributed by atoms with Crippen LogP contribution < -0.4 is 5.32 Å². The summed E-state index contributed by atoms with van der Waals surface area (Å²) in [5.74, 6) is -0.260. The van der Waals surface area contributed by atoms with Gasteiger partial charge in [-0.1, -0.05) is 68.4 Å². The van der Waals surface area contributed by atoms with Gasteiger partial charge < -0.3 is 10.2 Å². The molecule has 3 rings (SSSR count). The lowest BCUT2D eigenvalue weighted by molar-refractivity contribution is -0.129. The summed E-state index contributed by atoms with van der Waals surface area (Å²) < 4.78 is 0. The molecular weight excluding hydrogens is 362 g/mol. The summed E-state index contributed by atoms with van der Waals surface area (Å²) in [5.41, 5.74) is 3.44. The lowest BCUT2D eigenvalue weighted by atomic mass is 10.1. The Labute approximate surface area is 173 Å². The predicted octanol–water partition coefficient (Wildman–Crippen LogP) is 3.19.